The maximum atomic E-state index is 12.7. The average Bonchev–Trinajstić information content (AvgIpc) is 2.88. The number of anilines is 1. The topological polar surface area (TPSA) is 52.6 Å². The fourth-order valence-electron chi connectivity index (χ4n) is 3.94. The van der Waals surface area contributed by atoms with Crippen molar-refractivity contribution in [1.29, 1.82) is 0 Å². The van der Waals surface area contributed by atoms with Gasteiger partial charge in [0.2, 0.25) is 5.91 Å². The number of carbonyl (C=O) groups is 1. The molecule has 1 saturated carbocycles. The molecule has 4 nitrogen and oxygen atoms in total. The number of hydrogen-bond donors (Lipinski definition) is 2. The highest BCUT2D eigenvalue weighted by Crippen LogP contribution is 2.31. The highest BCUT2D eigenvalue weighted by Gasteiger charge is 2.31. The molecule has 2 N–H and O–H groups in total. The van der Waals surface area contributed by atoms with Gasteiger partial charge < -0.3 is 15.3 Å². The summed E-state index contributed by atoms with van der Waals surface area (Å²) >= 11 is 0. The molecule has 2 aliphatic rings. The molecule has 120 valence electrons. The summed E-state index contributed by atoms with van der Waals surface area (Å²) in [6.07, 6.45) is 5.43. The Balaban J connectivity index is 1.62. The van der Waals surface area contributed by atoms with E-state index in [1.54, 1.807) is 0 Å². The Morgan fingerprint density at radius 2 is 2.09 bits per heavy atom. The van der Waals surface area contributed by atoms with Crippen molar-refractivity contribution in [2.45, 2.75) is 51.1 Å². The quantitative estimate of drug-likeness (QED) is 0.895. The lowest BCUT2D eigenvalue weighted by molar-refractivity contribution is -0.118. The van der Waals surface area contributed by atoms with Crippen molar-refractivity contribution in [3.8, 4) is 0 Å². The van der Waals surface area contributed by atoms with Crippen LogP contribution < -0.4 is 10.2 Å². The predicted octanol–water partition coefficient (Wildman–Crippen LogP) is 2.10. The first-order chi connectivity index (χ1) is 10.7. The van der Waals surface area contributed by atoms with E-state index in [0.29, 0.717) is 12.5 Å². The van der Waals surface area contributed by atoms with Crippen molar-refractivity contribution in [2.75, 3.05) is 18.1 Å². The third-order valence-corrected chi connectivity index (χ3v) is 5.14. The van der Waals surface area contributed by atoms with Crippen LogP contribution in [0.4, 0.5) is 5.69 Å². The number of benzene rings is 1. The molecule has 4 heteroatoms. The van der Waals surface area contributed by atoms with E-state index in [9.17, 15) is 9.90 Å². The molecule has 22 heavy (non-hydrogen) atoms. The molecule has 3 atom stereocenters. The number of aliphatic hydroxyl groups excluding tert-OH is 1. The maximum Gasteiger partial charge on any atom is 0.241 e. The number of nitrogens with zero attached hydrogens (tertiary/aromatic N) is 1. The summed E-state index contributed by atoms with van der Waals surface area (Å²) in [6, 6.07) is 8.67. The lowest BCUT2D eigenvalue weighted by atomic mass is 9.85. The Hall–Kier alpha value is -1.39. The molecule has 1 heterocycles. The van der Waals surface area contributed by atoms with Gasteiger partial charge >= 0.3 is 0 Å². The number of aliphatic hydroxyl groups is 1. The SMILES string of the molecule is C[C@@H]1Cc2ccccc2N1C(=O)CN[C@H]1CCCC[C@@H]1CO. The fourth-order valence-corrected chi connectivity index (χ4v) is 3.94. The van der Waals surface area contributed by atoms with Crippen LogP contribution in [0.5, 0.6) is 0 Å². The Kier molecular flexibility index (Phi) is 4.79. The van der Waals surface area contributed by atoms with Crippen LogP contribution in [0.25, 0.3) is 0 Å². The van der Waals surface area contributed by atoms with Crippen LogP contribution in [0.15, 0.2) is 24.3 Å². The van der Waals surface area contributed by atoms with E-state index in [-0.39, 0.29) is 24.6 Å². The zero-order valence-corrected chi connectivity index (χ0v) is 13.3. The van der Waals surface area contributed by atoms with Gasteiger partial charge in [0, 0.05) is 24.4 Å². The molecule has 0 aromatic heterocycles. The van der Waals surface area contributed by atoms with E-state index in [2.05, 4.69) is 18.3 Å². The summed E-state index contributed by atoms with van der Waals surface area (Å²) in [5, 5.41) is 12.9. The number of hydrogen-bond acceptors (Lipinski definition) is 3. The van der Waals surface area contributed by atoms with Crippen LogP contribution in [-0.2, 0) is 11.2 Å². The van der Waals surface area contributed by atoms with Gasteiger partial charge in [-0.05, 0) is 43.7 Å². The van der Waals surface area contributed by atoms with Crippen molar-refractivity contribution in [2.24, 2.45) is 5.92 Å². The monoisotopic (exact) mass is 302 g/mol. The average molecular weight is 302 g/mol. The molecule has 0 spiro atoms. The van der Waals surface area contributed by atoms with Crippen LogP contribution in [0.1, 0.15) is 38.2 Å². The number of carbonyl (C=O) groups excluding carboxylic acids is 1. The van der Waals surface area contributed by atoms with Gasteiger partial charge in [0.25, 0.3) is 0 Å². The summed E-state index contributed by atoms with van der Waals surface area (Å²) in [4.78, 5) is 14.6. The molecule has 3 rings (SSSR count). The first-order valence-corrected chi connectivity index (χ1v) is 8.45. The van der Waals surface area contributed by atoms with Gasteiger partial charge in [-0.15, -0.1) is 0 Å². The van der Waals surface area contributed by atoms with Crippen LogP contribution >= 0.6 is 0 Å². The van der Waals surface area contributed by atoms with Crippen LogP contribution in [0.3, 0.4) is 0 Å². The molecule has 1 aliphatic heterocycles. The molecule has 1 aromatic carbocycles. The molecule has 1 amide bonds. The minimum atomic E-state index is 0.139. The van der Waals surface area contributed by atoms with Gasteiger partial charge in [-0.2, -0.15) is 0 Å². The van der Waals surface area contributed by atoms with Crippen molar-refractivity contribution in [3.05, 3.63) is 29.8 Å². The largest absolute Gasteiger partial charge is 0.396 e. The molecule has 1 fully saturated rings. The highest BCUT2D eigenvalue weighted by molar-refractivity contribution is 5.97. The van der Waals surface area contributed by atoms with Gasteiger partial charge in [0.1, 0.15) is 0 Å². The minimum Gasteiger partial charge on any atom is -0.396 e. The van der Waals surface area contributed by atoms with Gasteiger partial charge in [0.15, 0.2) is 0 Å². The zero-order valence-electron chi connectivity index (χ0n) is 13.3. The number of para-hydroxylation sites is 1. The molecular formula is C18H26N2O2. The fraction of sp³-hybridized carbons (Fsp3) is 0.611. The summed E-state index contributed by atoms with van der Waals surface area (Å²) in [7, 11) is 0. The summed E-state index contributed by atoms with van der Waals surface area (Å²) in [5.41, 5.74) is 2.32. The number of nitrogens with one attached hydrogen (secondary N) is 1. The second-order valence-corrected chi connectivity index (χ2v) is 6.66. The Morgan fingerprint density at radius 1 is 1.32 bits per heavy atom. The molecule has 0 radical (unpaired) electrons. The predicted molar refractivity (Wildman–Crippen MR) is 87.9 cm³/mol. The summed E-state index contributed by atoms with van der Waals surface area (Å²) < 4.78 is 0. The second kappa shape index (κ2) is 6.80. The second-order valence-electron chi connectivity index (χ2n) is 6.66. The zero-order chi connectivity index (χ0) is 15.5. The van der Waals surface area contributed by atoms with Crippen LogP contribution in [0, 0.1) is 5.92 Å². The molecular weight excluding hydrogens is 276 g/mol. The molecule has 0 unspecified atom stereocenters. The van der Waals surface area contributed by atoms with Crippen molar-refractivity contribution in [3.63, 3.8) is 0 Å². The summed E-state index contributed by atoms with van der Waals surface area (Å²) in [6.45, 7) is 2.68. The van der Waals surface area contributed by atoms with Gasteiger partial charge in [-0.25, -0.2) is 0 Å². The van der Waals surface area contributed by atoms with E-state index in [4.69, 9.17) is 0 Å². The lowest BCUT2D eigenvalue weighted by Crippen LogP contribution is -2.47. The number of rotatable bonds is 4. The highest BCUT2D eigenvalue weighted by atomic mass is 16.3. The number of amides is 1. The standard InChI is InChI=1S/C18H26N2O2/c1-13-10-14-6-3-5-9-17(14)20(13)18(22)11-19-16-8-4-2-7-15(16)12-21/h3,5-6,9,13,15-16,19,21H,2,4,7-8,10-12H2,1H3/t13-,15-,16+/m1/s1. The molecule has 0 bridgehead atoms. The first kappa shape index (κ1) is 15.5. The third kappa shape index (κ3) is 3.03. The van der Waals surface area contributed by atoms with E-state index in [1.807, 2.05) is 23.1 Å². The van der Waals surface area contributed by atoms with Crippen molar-refractivity contribution < 1.29 is 9.90 Å². The van der Waals surface area contributed by atoms with Gasteiger partial charge in [0.05, 0.1) is 6.54 Å². The van der Waals surface area contributed by atoms with E-state index >= 15 is 0 Å². The van der Waals surface area contributed by atoms with E-state index in [0.717, 1.165) is 24.9 Å². The van der Waals surface area contributed by atoms with Crippen LogP contribution in [0.2, 0.25) is 0 Å². The Labute approximate surface area is 132 Å². The van der Waals surface area contributed by atoms with Crippen LogP contribution in [-0.4, -0.2) is 36.2 Å². The molecule has 0 saturated heterocycles. The Bertz CT molecular complexity index is 532. The lowest BCUT2D eigenvalue weighted by Gasteiger charge is -2.32. The molecule has 1 aromatic rings. The van der Waals surface area contributed by atoms with Gasteiger partial charge in [-0.3, -0.25) is 4.79 Å². The van der Waals surface area contributed by atoms with Crippen molar-refractivity contribution >= 4 is 11.6 Å². The third-order valence-electron chi connectivity index (χ3n) is 5.14. The van der Waals surface area contributed by atoms with Crippen molar-refractivity contribution in [1.82, 2.24) is 5.32 Å². The van der Waals surface area contributed by atoms with E-state index < -0.39 is 0 Å². The summed E-state index contributed by atoms with van der Waals surface area (Å²) in [5.74, 6) is 0.435. The smallest absolute Gasteiger partial charge is 0.241 e. The normalized spacial score (nSPS) is 27.7. The van der Waals surface area contributed by atoms with E-state index in [1.165, 1.54) is 18.4 Å². The first-order valence-electron chi connectivity index (χ1n) is 8.45. The Morgan fingerprint density at radius 3 is 2.91 bits per heavy atom. The maximum absolute atomic E-state index is 12.7. The molecule has 1 aliphatic carbocycles. The number of fused-ring (bicyclic) bond motifs is 1. The van der Waals surface area contributed by atoms with Gasteiger partial charge in [-0.1, -0.05) is 31.0 Å². The minimum absolute atomic E-state index is 0.139.